The molecular formula is C59H102O12. The number of aliphatic hydroxyl groups is 2. The van der Waals surface area contributed by atoms with E-state index in [4.69, 9.17) is 23.7 Å². The number of unbranched alkanes of at least 4 members (excludes halogenated alkanes) is 26. The molecule has 0 saturated carbocycles. The number of aliphatic carboxylic acids is 1. The van der Waals surface area contributed by atoms with E-state index in [2.05, 4.69) is 69.4 Å². The maximum atomic E-state index is 13.1. The third-order valence-electron chi connectivity index (χ3n) is 12.8. The molecule has 1 aliphatic heterocycles. The Bertz CT molecular complexity index is 1420. The van der Waals surface area contributed by atoms with Gasteiger partial charge in [-0.15, -0.1) is 0 Å². The first kappa shape index (κ1) is 65.7. The Morgan fingerprint density at radius 3 is 1.32 bits per heavy atom. The summed E-state index contributed by atoms with van der Waals surface area (Å²) in [7, 11) is 0. The second-order valence-electron chi connectivity index (χ2n) is 19.6. The fourth-order valence-corrected chi connectivity index (χ4v) is 8.44. The maximum Gasteiger partial charge on any atom is 0.335 e. The van der Waals surface area contributed by atoms with Crippen molar-refractivity contribution in [1.29, 1.82) is 0 Å². The van der Waals surface area contributed by atoms with E-state index in [1.165, 1.54) is 70.6 Å². The largest absolute Gasteiger partial charge is 0.479 e. The zero-order valence-corrected chi connectivity index (χ0v) is 45.0. The Kier molecular flexibility index (Phi) is 44.1. The van der Waals surface area contributed by atoms with Crippen LogP contribution in [-0.2, 0) is 42.9 Å². The van der Waals surface area contributed by atoms with Crippen molar-refractivity contribution in [3.8, 4) is 0 Å². The summed E-state index contributed by atoms with van der Waals surface area (Å²) in [5.41, 5.74) is 0. The number of carboxylic acid groups (broad SMARTS) is 1. The molecule has 0 bridgehead atoms. The van der Waals surface area contributed by atoms with Crippen LogP contribution in [0.2, 0.25) is 0 Å². The lowest BCUT2D eigenvalue weighted by Gasteiger charge is -2.40. The van der Waals surface area contributed by atoms with Crippen LogP contribution in [0.1, 0.15) is 252 Å². The van der Waals surface area contributed by atoms with Crippen molar-refractivity contribution < 1.29 is 58.2 Å². The molecule has 0 aromatic heterocycles. The predicted octanol–water partition coefficient (Wildman–Crippen LogP) is 14.2. The van der Waals surface area contributed by atoms with Crippen molar-refractivity contribution in [3.63, 3.8) is 0 Å². The van der Waals surface area contributed by atoms with Crippen LogP contribution in [0.25, 0.3) is 0 Å². The predicted molar refractivity (Wildman–Crippen MR) is 285 cm³/mol. The fraction of sp³-hybridized carbons (Fsp3) is 0.797. The van der Waals surface area contributed by atoms with Crippen LogP contribution in [0, 0.1) is 0 Å². The minimum absolute atomic E-state index is 0.0436. The van der Waals surface area contributed by atoms with E-state index in [0.717, 1.165) is 122 Å². The zero-order chi connectivity index (χ0) is 51.8. The van der Waals surface area contributed by atoms with Gasteiger partial charge in [0.2, 0.25) is 0 Å². The van der Waals surface area contributed by atoms with E-state index >= 15 is 0 Å². The van der Waals surface area contributed by atoms with E-state index < -0.39 is 67.3 Å². The minimum atomic E-state index is -1.91. The highest BCUT2D eigenvalue weighted by atomic mass is 16.7. The van der Waals surface area contributed by atoms with E-state index in [1.54, 1.807) is 0 Å². The number of esters is 3. The number of aliphatic hydroxyl groups excluding tert-OH is 2. The SMILES string of the molecule is CCC/C=C\C/C=C\CCCCCCCC(=O)OC(COC(=O)CCCCCCCCCCCCCCCCC)COC1OC(C(=O)O)C(O)C(O)C1OC(=O)CCCCCCC/C=C\C/C=C\CCC. The van der Waals surface area contributed by atoms with Gasteiger partial charge in [-0.3, -0.25) is 14.4 Å². The van der Waals surface area contributed by atoms with Crippen LogP contribution in [0.4, 0.5) is 0 Å². The highest BCUT2D eigenvalue weighted by Gasteiger charge is 2.50. The van der Waals surface area contributed by atoms with E-state index in [-0.39, 0.29) is 25.9 Å². The van der Waals surface area contributed by atoms with Gasteiger partial charge in [-0.1, -0.05) is 211 Å². The van der Waals surface area contributed by atoms with Crippen LogP contribution in [0.15, 0.2) is 48.6 Å². The van der Waals surface area contributed by atoms with Gasteiger partial charge in [-0.05, 0) is 70.6 Å². The normalized spacial score (nSPS) is 18.8. The van der Waals surface area contributed by atoms with Gasteiger partial charge in [0.05, 0.1) is 6.61 Å². The lowest BCUT2D eigenvalue weighted by Crippen LogP contribution is -2.61. The van der Waals surface area contributed by atoms with Crippen molar-refractivity contribution in [2.45, 2.75) is 289 Å². The second kappa shape index (κ2) is 47.7. The monoisotopic (exact) mass is 1000 g/mol. The Balaban J connectivity index is 2.71. The van der Waals surface area contributed by atoms with Gasteiger partial charge in [0.15, 0.2) is 24.6 Å². The molecule has 6 unspecified atom stereocenters. The van der Waals surface area contributed by atoms with Crippen molar-refractivity contribution >= 4 is 23.9 Å². The molecule has 0 radical (unpaired) electrons. The molecule has 6 atom stereocenters. The molecule has 0 spiro atoms. The average molecular weight is 1000 g/mol. The quantitative estimate of drug-likeness (QED) is 0.0228. The molecule has 1 fully saturated rings. The van der Waals surface area contributed by atoms with Gasteiger partial charge >= 0.3 is 23.9 Å². The number of rotatable bonds is 48. The Hall–Kier alpha value is -3.32. The first-order valence-corrected chi connectivity index (χ1v) is 28.6. The van der Waals surface area contributed by atoms with Crippen LogP contribution in [0.5, 0.6) is 0 Å². The first-order chi connectivity index (χ1) is 34.6. The number of carbonyl (C=O) groups excluding carboxylic acids is 3. The number of hydrogen-bond donors (Lipinski definition) is 3. The van der Waals surface area contributed by atoms with Crippen molar-refractivity contribution in [2.75, 3.05) is 13.2 Å². The highest BCUT2D eigenvalue weighted by Crippen LogP contribution is 2.26. The van der Waals surface area contributed by atoms with Gasteiger partial charge in [0.1, 0.15) is 18.8 Å². The second-order valence-corrected chi connectivity index (χ2v) is 19.6. The van der Waals surface area contributed by atoms with Gasteiger partial charge < -0.3 is 39.0 Å². The minimum Gasteiger partial charge on any atom is -0.479 e. The first-order valence-electron chi connectivity index (χ1n) is 28.6. The van der Waals surface area contributed by atoms with Crippen molar-refractivity contribution in [1.82, 2.24) is 0 Å². The molecule has 12 heteroatoms. The van der Waals surface area contributed by atoms with Crippen molar-refractivity contribution in [2.24, 2.45) is 0 Å². The zero-order valence-electron chi connectivity index (χ0n) is 45.0. The maximum absolute atomic E-state index is 13.1. The summed E-state index contributed by atoms with van der Waals surface area (Å²) >= 11 is 0. The molecule has 1 rings (SSSR count). The van der Waals surface area contributed by atoms with Crippen LogP contribution in [-0.4, -0.2) is 89.2 Å². The lowest BCUT2D eigenvalue weighted by atomic mass is 9.98. The van der Waals surface area contributed by atoms with Gasteiger partial charge in [0, 0.05) is 19.3 Å². The number of allylic oxidation sites excluding steroid dienone is 8. The number of hydrogen-bond acceptors (Lipinski definition) is 11. The molecule has 3 N–H and O–H groups in total. The van der Waals surface area contributed by atoms with E-state index in [9.17, 15) is 34.5 Å². The molecule has 1 saturated heterocycles. The van der Waals surface area contributed by atoms with Crippen LogP contribution in [0.3, 0.4) is 0 Å². The molecule has 0 aromatic carbocycles. The summed E-state index contributed by atoms with van der Waals surface area (Å²) in [6.07, 6.45) is 43.7. The highest BCUT2D eigenvalue weighted by molar-refractivity contribution is 5.74. The summed E-state index contributed by atoms with van der Waals surface area (Å²) in [6.45, 7) is 5.85. The third kappa shape index (κ3) is 38.0. The summed E-state index contributed by atoms with van der Waals surface area (Å²) in [6, 6.07) is 0. The Morgan fingerprint density at radius 1 is 0.465 bits per heavy atom. The van der Waals surface area contributed by atoms with Crippen molar-refractivity contribution in [3.05, 3.63) is 48.6 Å². The van der Waals surface area contributed by atoms with E-state index in [0.29, 0.717) is 19.3 Å². The molecule has 1 heterocycles. The molecule has 1 aliphatic rings. The average Bonchev–Trinajstić information content (AvgIpc) is 3.35. The Morgan fingerprint density at radius 2 is 0.873 bits per heavy atom. The van der Waals surface area contributed by atoms with Crippen LogP contribution < -0.4 is 0 Å². The van der Waals surface area contributed by atoms with Gasteiger partial charge in [0.25, 0.3) is 0 Å². The standard InChI is InChI=1S/C59H102O12/c1-4-7-10-13-16-19-22-25-26-29-30-33-36-39-42-45-51(60)67-48-50(69-52(61)46-43-40-37-34-31-27-23-20-17-14-11-8-5-2)49-68-59-57(55(64)54(63)56(71-59)58(65)66)70-53(62)47-44-41-38-35-32-28-24-21-18-15-12-9-6-3/h11-12,14-15,20-21,23-24,50,54-57,59,63-64H,4-10,13,16-19,22,25-49H2,1-3H3,(H,65,66)/b14-11-,15-12-,23-20-,24-21-. The molecular weight excluding hydrogens is 901 g/mol. The van der Waals surface area contributed by atoms with E-state index in [1.807, 2.05) is 0 Å². The van der Waals surface area contributed by atoms with Crippen LogP contribution >= 0.6 is 0 Å². The molecule has 0 aromatic rings. The number of carbonyl (C=O) groups is 4. The number of ether oxygens (including phenoxy) is 5. The molecule has 71 heavy (non-hydrogen) atoms. The van der Waals surface area contributed by atoms with Gasteiger partial charge in [-0.25, -0.2) is 4.79 Å². The third-order valence-corrected chi connectivity index (χ3v) is 12.8. The molecule has 0 amide bonds. The molecule has 0 aliphatic carbocycles. The molecule has 12 nitrogen and oxygen atoms in total. The Labute approximate surface area is 431 Å². The smallest absolute Gasteiger partial charge is 0.335 e. The topological polar surface area (TPSA) is 175 Å². The number of carboxylic acids is 1. The lowest BCUT2D eigenvalue weighted by molar-refractivity contribution is -0.301. The fourth-order valence-electron chi connectivity index (χ4n) is 8.44. The van der Waals surface area contributed by atoms with Gasteiger partial charge in [-0.2, -0.15) is 0 Å². The summed E-state index contributed by atoms with van der Waals surface area (Å²) in [4.78, 5) is 51.0. The summed E-state index contributed by atoms with van der Waals surface area (Å²) in [5.74, 6) is -3.14. The summed E-state index contributed by atoms with van der Waals surface area (Å²) in [5, 5.41) is 31.4. The molecule has 410 valence electrons. The summed E-state index contributed by atoms with van der Waals surface area (Å²) < 4.78 is 28.4.